The maximum Gasteiger partial charge on any atom is 0.223 e. The van der Waals surface area contributed by atoms with Gasteiger partial charge in [-0.2, -0.15) is 6.07 Å². The third-order valence-electron chi connectivity index (χ3n) is 2.51. The van der Waals surface area contributed by atoms with Crippen molar-refractivity contribution in [2.24, 2.45) is 0 Å². The van der Waals surface area contributed by atoms with Gasteiger partial charge in [0.05, 0.1) is 6.54 Å². The van der Waals surface area contributed by atoms with Crippen LogP contribution in [0.3, 0.4) is 0 Å². The molecule has 0 atom stereocenters. The van der Waals surface area contributed by atoms with Gasteiger partial charge in [-0.25, -0.2) is 0 Å². The number of nitrogen functional groups attached to an aromatic ring is 1. The largest absolute Gasteiger partial charge is 0.418 e. The third kappa shape index (κ3) is 7.02. The molecular formula is C15H20N3OY-. The van der Waals surface area contributed by atoms with Crippen molar-refractivity contribution in [3.8, 4) is 11.8 Å². The van der Waals surface area contributed by atoms with Crippen LogP contribution in [0, 0.1) is 17.9 Å². The Bertz CT molecular complexity index is 462. The van der Waals surface area contributed by atoms with E-state index in [-0.39, 0.29) is 38.6 Å². The smallest absolute Gasteiger partial charge is 0.223 e. The number of nitrogens with zero attached hydrogens (tertiary/aromatic N) is 2. The summed E-state index contributed by atoms with van der Waals surface area (Å²) in [7, 11) is 0. The first-order chi connectivity index (χ1) is 9.17. The Morgan fingerprint density at radius 3 is 2.75 bits per heavy atom. The molecular weight excluding hydrogens is 327 g/mol. The summed E-state index contributed by atoms with van der Waals surface area (Å²) in [5.41, 5.74) is 6.61. The second kappa shape index (κ2) is 10.8. The Morgan fingerprint density at radius 1 is 1.45 bits per heavy atom. The summed E-state index contributed by atoms with van der Waals surface area (Å²) in [6.45, 7) is 5.24. The van der Waals surface area contributed by atoms with Crippen molar-refractivity contribution in [3.63, 3.8) is 0 Å². The molecule has 0 bridgehead atoms. The summed E-state index contributed by atoms with van der Waals surface area (Å²) in [6, 6.07) is 4.49. The quantitative estimate of drug-likeness (QED) is 0.653. The number of hydrogen-bond donors (Lipinski definition) is 1. The van der Waals surface area contributed by atoms with Gasteiger partial charge in [0, 0.05) is 45.7 Å². The number of pyridine rings is 1. The van der Waals surface area contributed by atoms with Crippen LogP contribution in [0.4, 0.5) is 5.69 Å². The molecule has 0 saturated heterocycles. The van der Waals surface area contributed by atoms with E-state index >= 15 is 0 Å². The predicted molar refractivity (Wildman–Crippen MR) is 76.1 cm³/mol. The molecule has 20 heavy (non-hydrogen) atoms. The van der Waals surface area contributed by atoms with Gasteiger partial charge in [0.1, 0.15) is 0 Å². The SMILES string of the molecule is CCCC(=O)N(CC#Cc1c[c-]c(N)cn1)CCC.[Y]. The van der Waals surface area contributed by atoms with Crippen LogP contribution in [-0.4, -0.2) is 28.9 Å². The molecule has 1 amide bonds. The van der Waals surface area contributed by atoms with Gasteiger partial charge < -0.3 is 15.6 Å². The predicted octanol–water partition coefficient (Wildman–Crippen LogP) is 1.85. The molecule has 1 radical (unpaired) electrons. The van der Waals surface area contributed by atoms with Crippen LogP contribution in [0.1, 0.15) is 38.8 Å². The summed E-state index contributed by atoms with van der Waals surface area (Å²) in [5.74, 6) is 6.06. The van der Waals surface area contributed by atoms with Crippen LogP contribution in [0.15, 0.2) is 12.3 Å². The minimum absolute atomic E-state index is 0. The second-order valence-corrected chi connectivity index (χ2v) is 4.25. The van der Waals surface area contributed by atoms with Crippen LogP contribution in [0.2, 0.25) is 0 Å². The second-order valence-electron chi connectivity index (χ2n) is 4.25. The Morgan fingerprint density at radius 2 is 2.20 bits per heavy atom. The molecule has 4 nitrogen and oxygen atoms in total. The van der Waals surface area contributed by atoms with E-state index in [1.807, 2.05) is 6.92 Å². The molecule has 1 aromatic heterocycles. The van der Waals surface area contributed by atoms with Crippen molar-refractivity contribution in [2.75, 3.05) is 18.8 Å². The van der Waals surface area contributed by atoms with Gasteiger partial charge in [0.2, 0.25) is 5.91 Å². The number of hydrogen-bond acceptors (Lipinski definition) is 3. The fraction of sp³-hybridized carbons (Fsp3) is 0.467. The summed E-state index contributed by atoms with van der Waals surface area (Å²) >= 11 is 0. The Kier molecular flexibility index (Phi) is 10.3. The first-order valence-electron chi connectivity index (χ1n) is 6.57. The number of rotatable bonds is 5. The standard InChI is InChI=1S/C15H20N3O.Y/c1-3-6-15(19)18(10-4-2)11-5-7-14-9-8-13(16)12-17-14;/h9,12H,3-4,6,10-11,16H2,1-2H3;/q-1;. The zero-order chi connectivity index (χ0) is 14.1. The molecule has 105 valence electrons. The number of aromatic nitrogens is 1. The average Bonchev–Trinajstić information content (AvgIpc) is 2.40. The van der Waals surface area contributed by atoms with Crippen molar-refractivity contribution in [1.29, 1.82) is 0 Å². The zero-order valence-corrected chi connectivity index (χ0v) is 15.0. The third-order valence-corrected chi connectivity index (χ3v) is 2.51. The molecule has 1 rings (SSSR count). The topological polar surface area (TPSA) is 59.2 Å². The molecule has 1 heterocycles. The van der Waals surface area contributed by atoms with Crippen LogP contribution in [0.25, 0.3) is 0 Å². The monoisotopic (exact) mass is 347 g/mol. The summed E-state index contributed by atoms with van der Waals surface area (Å²) < 4.78 is 0. The van der Waals surface area contributed by atoms with Gasteiger partial charge >= 0.3 is 0 Å². The van der Waals surface area contributed by atoms with Crippen LogP contribution >= 0.6 is 0 Å². The van der Waals surface area contributed by atoms with Gasteiger partial charge in [0.15, 0.2) is 0 Å². The molecule has 5 heteroatoms. The number of carbonyl (C=O) groups is 1. The molecule has 2 N–H and O–H groups in total. The Balaban J connectivity index is 0.00000361. The molecule has 0 aromatic carbocycles. The molecule has 0 saturated carbocycles. The van der Waals surface area contributed by atoms with E-state index in [0.717, 1.165) is 19.4 Å². The number of carbonyl (C=O) groups excluding carboxylic acids is 1. The van der Waals surface area contributed by atoms with Crippen molar-refractivity contribution in [1.82, 2.24) is 9.88 Å². The summed E-state index contributed by atoms with van der Waals surface area (Å²) in [4.78, 5) is 17.7. The maximum atomic E-state index is 11.8. The minimum atomic E-state index is 0. The summed E-state index contributed by atoms with van der Waals surface area (Å²) in [6.07, 6.45) is 3.90. The normalized spacial score (nSPS) is 9.10. The van der Waals surface area contributed by atoms with Gasteiger partial charge in [-0.3, -0.25) is 4.79 Å². The molecule has 0 fully saturated rings. The van der Waals surface area contributed by atoms with Crippen LogP contribution < -0.4 is 5.73 Å². The van der Waals surface area contributed by atoms with E-state index in [9.17, 15) is 4.79 Å². The van der Waals surface area contributed by atoms with E-state index in [1.54, 1.807) is 11.0 Å². The Labute approximate surface area is 146 Å². The fourth-order valence-corrected chi connectivity index (χ4v) is 1.59. The minimum Gasteiger partial charge on any atom is -0.418 e. The number of anilines is 1. The van der Waals surface area contributed by atoms with E-state index in [4.69, 9.17) is 5.73 Å². The summed E-state index contributed by atoms with van der Waals surface area (Å²) in [5, 5.41) is 0. The molecule has 1 aromatic rings. The van der Waals surface area contributed by atoms with E-state index in [0.29, 0.717) is 24.3 Å². The number of amides is 1. The van der Waals surface area contributed by atoms with E-state index in [1.165, 1.54) is 6.20 Å². The van der Waals surface area contributed by atoms with Crippen molar-refractivity contribution in [2.45, 2.75) is 33.1 Å². The van der Waals surface area contributed by atoms with Gasteiger partial charge in [-0.05, 0) is 18.5 Å². The Hall–Kier alpha value is -0.916. The van der Waals surface area contributed by atoms with Gasteiger partial charge in [0.25, 0.3) is 0 Å². The van der Waals surface area contributed by atoms with Crippen molar-refractivity contribution in [3.05, 3.63) is 24.0 Å². The maximum absolute atomic E-state index is 11.8. The van der Waals surface area contributed by atoms with Gasteiger partial charge in [-0.1, -0.05) is 31.7 Å². The average molecular weight is 347 g/mol. The van der Waals surface area contributed by atoms with Crippen LogP contribution in [-0.2, 0) is 37.5 Å². The first-order valence-corrected chi connectivity index (χ1v) is 6.57. The molecule has 0 aliphatic heterocycles. The van der Waals surface area contributed by atoms with E-state index < -0.39 is 0 Å². The molecule has 0 spiro atoms. The molecule has 0 aliphatic carbocycles. The van der Waals surface area contributed by atoms with E-state index in [2.05, 4.69) is 29.8 Å². The molecule has 0 aliphatic rings. The molecule has 0 unspecified atom stereocenters. The van der Waals surface area contributed by atoms with Crippen molar-refractivity contribution < 1.29 is 37.5 Å². The van der Waals surface area contributed by atoms with Crippen molar-refractivity contribution >= 4 is 11.6 Å². The van der Waals surface area contributed by atoms with Gasteiger partial charge in [-0.15, -0.1) is 12.0 Å². The zero-order valence-electron chi connectivity index (χ0n) is 12.1. The number of nitrogens with two attached hydrogens (primary N) is 1. The van der Waals surface area contributed by atoms with Crippen LogP contribution in [0.5, 0.6) is 0 Å². The first kappa shape index (κ1) is 19.1. The fourth-order valence-electron chi connectivity index (χ4n) is 1.59.